The van der Waals surface area contributed by atoms with Crippen LogP contribution in [0.5, 0.6) is 0 Å². The molecule has 1 amide bonds. The number of aliphatic carboxylic acids is 1. The molecule has 0 heterocycles. The van der Waals surface area contributed by atoms with Crippen LogP contribution in [0.25, 0.3) is 0 Å². The lowest BCUT2D eigenvalue weighted by atomic mass is 10.0. The van der Waals surface area contributed by atoms with E-state index in [-0.39, 0.29) is 24.5 Å². The van der Waals surface area contributed by atoms with Crippen LogP contribution in [0, 0.1) is 0 Å². The van der Waals surface area contributed by atoms with Gasteiger partial charge in [-0.05, 0) is 70.6 Å². The van der Waals surface area contributed by atoms with Gasteiger partial charge in [0.25, 0.3) is 0 Å². The topological polar surface area (TPSA) is 92.7 Å². The summed E-state index contributed by atoms with van der Waals surface area (Å²) in [6.45, 7) is 4.11. The highest BCUT2D eigenvalue weighted by atomic mass is 16.5. The third kappa shape index (κ3) is 38.3. The number of carboxylic acid groups (broad SMARTS) is 1. The Kier molecular flexibility index (Phi) is 36.6. The standard InChI is InChI=1S/C43H77NO5/c1-3-5-7-9-11-13-15-16-17-18-19-20-21-23-25-30-34-38-43(48)49-40(35-31-27-24-22-14-12-10-8-6-4-2)36-32-28-26-29-33-37-41(45)44-39-42(46)47/h5,7,11,13,16-17,40H,3-4,6,8-10,12,14-15,18-39H2,1-2H3,(H,44,45)(H,46,47)/b7-5-,13-11-,17-16-. The second-order valence-corrected chi connectivity index (χ2v) is 13.9. The lowest BCUT2D eigenvalue weighted by molar-refractivity contribution is -0.150. The van der Waals surface area contributed by atoms with Crippen molar-refractivity contribution in [2.75, 3.05) is 6.54 Å². The predicted molar refractivity (Wildman–Crippen MR) is 208 cm³/mol. The van der Waals surface area contributed by atoms with Crippen LogP contribution in [0.2, 0.25) is 0 Å². The van der Waals surface area contributed by atoms with Gasteiger partial charge in [0.05, 0.1) is 0 Å². The Labute approximate surface area is 302 Å². The molecule has 0 aromatic carbocycles. The Balaban J connectivity index is 4.13. The van der Waals surface area contributed by atoms with Gasteiger partial charge in [0.15, 0.2) is 0 Å². The normalized spacial score (nSPS) is 12.4. The fourth-order valence-electron chi connectivity index (χ4n) is 6.06. The molecular weight excluding hydrogens is 610 g/mol. The maximum atomic E-state index is 12.7. The molecule has 49 heavy (non-hydrogen) atoms. The van der Waals surface area contributed by atoms with Crippen molar-refractivity contribution in [2.45, 2.75) is 213 Å². The molecule has 284 valence electrons. The van der Waals surface area contributed by atoms with Gasteiger partial charge in [-0.15, -0.1) is 0 Å². The summed E-state index contributed by atoms with van der Waals surface area (Å²) in [4.78, 5) is 35.0. The minimum absolute atomic E-state index is 0.0244. The molecule has 0 radical (unpaired) electrons. The van der Waals surface area contributed by atoms with E-state index in [0.29, 0.717) is 12.8 Å². The monoisotopic (exact) mass is 688 g/mol. The molecule has 0 spiro atoms. The molecule has 0 saturated heterocycles. The minimum atomic E-state index is -1.02. The highest BCUT2D eigenvalue weighted by Crippen LogP contribution is 2.19. The van der Waals surface area contributed by atoms with Gasteiger partial charge >= 0.3 is 11.9 Å². The largest absolute Gasteiger partial charge is 0.480 e. The maximum Gasteiger partial charge on any atom is 0.322 e. The predicted octanol–water partition coefficient (Wildman–Crippen LogP) is 12.5. The summed E-state index contributed by atoms with van der Waals surface area (Å²) in [7, 11) is 0. The van der Waals surface area contributed by atoms with Crippen LogP contribution in [-0.4, -0.2) is 35.6 Å². The van der Waals surface area contributed by atoms with Gasteiger partial charge in [0, 0.05) is 12.8 Å². The Morgan fingerprint density at radius 1 is 0.551 bits per heavy atom. The van der Waals surface area contributed by atoms with Crippen molar-refractivity contribution in [3.8, 4) is 0 Å². The van der Waals surface area contributed by atoms with Gasteiger partial charge < -0.3 is 15.2 Å². The number of esters is 1. The van der Waals surface area contributed by atoms with Crippen molar-refractivity contribution in [3.63, 3.8) is 0 Å². The zero-order valence-electron chi connectivity index (χ0n) is 32.0. The molecular formula is C43H77NO5. The maximum absolute atomic E-state index is 12.7. The number of ether oxygens (including phenoxy) is 1. The van der Waals surface area contributed by atoms with Crippen molar-refractivity contribution < 1.29 is 24.2 Å². The van der Waals surface area contributed by atoms with Gasteiger partial charge in [0.1, 0.15) is 12.6 Å². The molecule has 0 aliphatic heterocycles. The van der Waals surface area contributed by atoms with Crippen LogP contribution in [0.1, 0.15) is 206 Å². The third-order valence-electron chi connectivity index (χ3n) is 9.08. The summed E-state index contributed by atoms with van der Waals surface area (Å²) in [5.41, 5.74) is 0. The molecule has 0 fully saturated rings. The van der Waals surface area contributed by atoms with Gasteiger partial charge in [-0.1, -0.05) is 159 Å². The second-order valence-electron chi connectivity index (χ2n) is 13.9. The molecule has 0 aromatic heterocycles. The number of hydrogen-bond donors (Lipinski definition) is 2. The Morgan fingerprint density at radius 2 is 1.00 bits per heavy atom. The summed E-state index contributed by atoms with van der Waals surface area (Å²) in [5, 5.41) is 11.1. The molecule has 0 aliphatic carbocycles. The fourth-order valence-corrected chi connectivity index (χ4v) is 6.06. The average molecular weight is 688 g/mol. The third-order valence-corrected chi connectivity index (χ3v) is 9.08. The number of carboxylic acids is 1. The van der Waals surface area contributed by atoms with E-state index in [0.717, 1.165) is 83.5 Å². The summed E-state index contributed by atoms with van der Waals surface area (Å²) in [5.74, 6) is -1.24. The summed E-state index contributed by atoms with van der Waals surface area (Å²) < 4.78 is 6.01. The van der Waals surface area contributed by atoms with E-state index in [2.05, 4.69) is 55.6 Å². The van der Waals surface area contributed by atoms with Crippen LogP contribution in [0.4, 0.5) is 0 Å². The quantitative estimate of drug-likeness (QED) is 0.0385. The zero-order chi connectivity index (χ0) is 35.9. The molecule has 6 heteroatoms. The molecule has 0 saturated carbocycles. The number of carbonyl (C=O) groups is 3. The van der Waals surface area contributed by atoms with Crippen LogP contribution < -0.4 is 5.32 Å². The summed E-state index contributed by atoms with van der Waals surface area (Å²) >= 11 is 0. The van der Waals surface area contributed by atoms with E-state index < -0.39 is 5.97 Å². The number of unbranched alkanes of at least 4 members (excludes halogenated alkanes) is 20. The number of amides is 1. The van der Waals surface area contributed by atoms with Gasteiger partial charge in [-0.2, -0.15) is 0 Å². The highest BCUT2D eigenvalue weighted by Gasteiger charge is 2.14. The van der Waals surface area contributed by atoms with Gasteiger partial charge in [-0.25, -0.2) is 0 Å². The smallest absolute Gasteiger partial charge is 0.322 e. The zero-order valence-corrected chi connectivity index (χ0v) is 32.0. The van der Waals surface area contributed by atoms with Crippen molar-refractivity contribution in [1.29, 1.82) is 0 Å². The molecule has 0 aromatic rings. The number of nitrogens with one attached hydrogen (secondary N) is 1. The van der Waals surface area contributed by atoms with Crippen molar-refractivity contribution in [3.05, 3.63) is 36.5 Å². The summed E-state index contributed by atoms with van der Waals surface area (Å²) in [6, 6.07) is 0. The Bertz CT molecular complexity index is 849. The molecule has 0 aliphatic rings. The van der Waals surface area contributed by atoms with Crippen LogP contribution >= 0.6 is 0 Å². The first-order valence-electron chi connectivity index (χ1n) is 20.6. The Hall–Kier alpha value is -2.37. The fraction of sp³-hybridized carbons (Fsp3) is 0.791. The van der Waals surface area contributed by atoms with E-state index in [1.165, 1.54) is 96.3 Å². The number of allylic oxidation sites excluding steroid dienone is 6. The van der Waals surface area contributed by atoms with E-state index >= 15 is 0 Å². The van der Waals surface area contributed by atoms with Crippen LogP contribution in [0.3, 0.4) is 0 Å². The van der Waals surface area contributed by atoms with E-state index in [9.17, 15) is 14.4 Å². The van der Waals surface area contributed by atoms with Gasteiger partial charge in [-0.3, -0.25) is 14.4 Å². The highest BCUT2D eigenvalue weighted by molar-refractivity contribution is 5.80. The Morgan fingerprint density at radius 3 is 1.53 bits per heavy atom. The number of carbonyl (C=O) groups excluding carboxylic acids is 2. The molecule has 6 nitrogen and oxygen atoms in total. The van der Waals surface area contributed by atoms with E-state index in [1.54, 1.807) is 0 Å². The van der Waals surface area contributed by atoms with Gasteiger partial charge in [0.2, 0.25) is 5.91 Å². The molecule has 1 unspecified atom stereocenters. The first-order chi connectivity index (χ1) is 24.0. The summed E-state index contributed by atoms with van der Waals surface area (Å²) in [6.07, 6.45) is 46.9. The minimum Gasteiger partial charge on any atom is -0.480 e. The lowest BCUT2D eigenvalue weighted by Crippen LogP contribution is -2.28. The molecule has 1 atom stereocenters. The van der Waals surface area contributed by atoms with Crippen LogP contribution in [-0.2, 0) is 19.1 Å². The molecule has 2 N–H and O–H groups in total. The van der Waals surface area contributed by atoms with E-state index in [1.807, 2.05) is 0 Å². The van der Waals surface area contributed by atoms with Crippen molar-refractivity contribution in [2.24, 2.45) is 0 Å². The van der Waals surface area contributed by atoms with E-state index in [4.69, 9.17) is 9.84 Å². The number of rotatable bonds is 37. The van der Waals surface area contributed by atoms with Crippen molar-refractivity contribution >= 4 is 17.8 Å². The van der Waals surface area contributed by atoms with Crippen molar-refractivity contribution in [1.82, 2.24) is 5.32 Å². The first kappa shape index (κ1) is 46.6. The SMILES string of the molecule is CC/C=C\C/C=C\C/C=C\CCCCCCCCCC(=O)OC(CCCCCCCCCCCC)CCCCCCCC(=O)NCC(=O)O. The van der Waals surface area contributed by atoms with Crippen LogP contribution in [0.15, 0.2) is 36.5 Å². The number of hydrogen-bond acceptors (Lipinski definition) is 4. The molecule has 0 rings (SSSR count). The molecule has 0 bridgehead atoms. The lowest BCUT2D eigenvalue weighted by Gasteiger charge is -2.18. The first-order valence-corrected chi connectivity index (χ1v) is 20.6. The average Bonchev–Trinajstić information content (AvgIpc) is 3.08. The second kappa shape index (κ2) is 38.4.